The zero-order valence-electron chi connectivity index (χ0n) is 16.3. The Kier molecular flexibility index (Phi) is 7.91. The molecule has 1 N–H and O–H groups in total. The fourth-order valence-corrected chi connectivity index (χ4v) is 3.41. The van der Waals surface area contributed by atoms with E-state index in [9.17, 15) is 4.79 Å². The lowest BCUT2D eigenvalue weighted by Crippen LogP contribution is -2.45. The van der Waals surface area contributed by atoms with Gasteiger partial charge in [0, 0.05) is 18.6 Å². The first kappa shape index (κ1) is 19.9. The lowest BCUT2D eigenvalue weighted by Gasteiger charge is -2.31. The Balaban J connectivity index is 1.78. The Labute approximate surface area is 152 Å². The van der Waals surface area contributed by atoms with E-state index in [1.165, 1.54) is 25.7 Å². The lowest BCUT2D eigenvalue weighted by atomic mass is 10.1. The van der Waals surface area contributed by atoms with Crippen LogP contribution in [-0.4, -0.2) is 35.5 Å². The summed E-state index contributed by atoms with van der Waals surface area (Å²) in [7, 11) is 0. The van der Waals surface area contributed by atoms with Crippen LogP contribution in [-0.2, 0) is 22.7 Å². The van der Waals surface area contributed by atoms with Crippen molar-refractivity contribution < 1.29 is 9.53 Å². The van der Waals surface area contributed by atoms with Crippen molar-refractivity contribution >= 4 is 5.91 Å². The van der Waals surface area contributed by atoms with Crippen LogP contribution in [0.3, 0.4) is 0 Å². The van der Waals surface area contributed by atoms with Gasteiger partial charge in [-0.05, 0) is 51.7 Å². The molecule has 1 aliphatic carbocycles. The van der Waals surface area contributed by atoms with E-state index in [1.54, 1.807) is 0 Å². The maximum atomic E-state index is 12.4. The second-order valence-corrected chi connectivity index (χ2v) is 7.66. The Bertz CT molecular complexity index is 519. The highest BCUT2D eigenvalue weighted by Crippen LogP contribution is 2.24. The van der Waals surface area contributed by atoms with Gasteiger partial charge in [0.2, 0.25) is 5.91 Å². The number of benzene rings is 1. The zero-order valence-corrected chi connectivity index (χ0v) is 16.3. The van der Waals surface area contributed by atoms with Crippen LogP contribution in [0.2, 0.25) is 0 Å². The molecule has 1 fully saturated rings. The Hall–Kier alpha value is -1.39. The highest BCUT2D eigenvalue weighted by molar-refractivity contribution is 5.78. The summed E-state index contributed by atoms with van der Waals surface area (Å²) in [5.41, 5.74) is 2.29. The van der Waals surface area contributed by atoms with Crippen LogP contribution in [0.15, 0.2) is 24.3 Å². The first-order chi connectivity index (χ1) is 12.0. The molecular weight excluding hydrogens is 312 g/mol. The van der Waals surface area contributed by atoms with Gasteiger partial charge in [-0.2, -0.15) is 0 Å². The second-order valence-electron chi connectivity index (χ2n) is 7.66. The molecule has 0 spiro atoms. The molecule has 4 nitrogen and oxygen atoms in total. The molecule has 1 saturated carbocycles. The van der Waals surface area contributed by atoms with Crippen molar-refractivity contribution in [2.24, 2.45) is 0 Å². The Morgan fingerprint density at radius 2 is 1.72 bits per heavy atom. The van der Waals surface area contributed by atoms with Crippen LogP contribution >= 0.6 is 0 Å². The molecule has 0 saturated heterocycles. The molecule has 4 heteroatoms. The summed E-state index contributed by atoms with van der Waals surface area (Å²) in [5.74, 6) is 0.118. The van der Waals surface area contributed by atoms with Gasteiger partial charge in [0.1, 0.15) is 0 Å². The number of hydrogen-bond acceptors (Lipinski definition) is 3. The summed E-state index contributed by atoms with van der Waals surface area (Å²) in [4.78, 5) is 14.7. The number of carbonyl (C=O) groups excluding carboxylic acids is 1. The van der Waals surface area contributed by atoms with E-state index in [0.717, 1.165) is 11.1 Å². The zero-order chi connectivity index (χ0) is 18.2. The van der Waals surface area contributed by atoms with Crippen LogP contribution in [0, 0.1) is 0 Å². The van der Waals surface area contributed by atoms with Crippen molar-refractivity contribution in [2.45, 2.75) is 84.7 Å². The maximum absolute atomic E-state index is 12.4. The average Bonchev–Trinajstić information content (AvgIpc) is 3.10. The molecule has 1 aliphatic rings. The van der Waals surface area contributed by atoms with Crippen LogP contribution in [0.1, 0.15) is 64.5 Å². The molecule has 0 unspecified atom stereocenters. The number of rotatable bonds is 9. The smallest absolute Gasteiger partial charge is 0.234 e. The van der Waals surface area contributed by atoms with Crippen molar-refractivity contribution in [3.8, 4) is 0 Å². The summed E-state index contributed by atoms with van der Waals surface area (Å²) in [6, 6.07) is 9.26. The molecule has 0 aromatic heterocycles. The standard InChI is InChI=1S/C21H34N2O2/c1-16(2)23(20-7-5-6-8-20)14-21(24)22-13-18-9-11-19(12-10-18)15-25-17(3)4/h9-12,16-17,20H,5-8,13-15H2,1-4H3,(H,22,24). The van der Waals surface area contributed by atoms with Crippen LogP contribution in [0.4, 0.5) is 0 Å². The van der Waals surface area contributed by atoms with Gasteiger partial charge in [-0.3, -0.25) is 9.69 Å². The number of nitrogens with one attached hydrogen (secondary N) is 1. The molecule has 0 atom stereocenters. The highest BCUT2D eigenvalue weighted by Gasteiger charge is 2.26. The van der Waals surface area contributed by atoms with E-state index in [2.05, 4.69) is 48.3 Å². The maximum Gasteiger partial charge on any atom is 0.234 e. The minimum atomic E-state index is 0.118. The van der Waals surface area contributed by atoms with Crippen LogP contribution < -0.4 is 5.32 Å². The van der Waals surface area contributed by atoms with Gasteiger partial charge in [-0.25, -0.2) is 0 Å². The summed E-state index contributed by atoms with van der Waals surface area (Å²) < 4.78 is 5.61. The molecule has 0 radical (unpaired) electrons. The van der Waals surface area contributed by atoms with Gasteiger partial charge < -0.3 is 10.1 Å². The molecule has 2 rings (SSSR count). The summed E-state index contributed by atoms with van der Waals surface area (Å²) in [6.07, 6.45) is 5.28. The fraction of sp³-hybridized carbons (Fsp3) is 0.667. The van der Waals surface area contributed by atoms with Crippen molar-refractivity contribution in [1.82, 2.24) is 10.2 Å². The fourth-order valence-electron chi connectivity index (χ4n) is 3.41. The predicted octanol–water partition coefficient (Wildman–Crippen LogP) is 3.88. The van der Waals surface area contributed by atoms with Crippen LogP contribution in [0.5, 0.6) is 0 Å². The van der Waals surface area contributed by atoms with E-state index < -0.39 is 0 Å². The van der Waals surface area contributed by atoms with Gasteiger partial charge in [-0.15, -0.1) is 0 Å². The minimum absolute atomic E-state index is 0.118. The second kappa shape index (κ2) is 9.93. The molecule has 1 amide bonds. The van der Waals surface area contributed by atoms with Crippen molar-refractivity contribution in [2.75, 3.05) is 6.54 Å². The van der Waals surface area contributed by atoms with Crippen molar-refractivity contribution in [3.63, 3.8) is 0 Å². The van der Waals surface area contributed by atoms with Crippen LogP contribution in [0.25, 0.3) is 0 Å². The first-order valence-corrected chi connectivity index (χ1v) is 9.67. The van der Waals surface area contributed by atoms with E-state index in [-0.39, 0.29) is 12.0 Å². The Morgan fingerprint density at radius 3 is 2.28 bits per heavy atom. The normalized spacial score (nSPS) is 15.5. The van der Waals surface area contributed by atoms with Gasteiger partial charge in [0.15, 0.2) is 0 Å². The number of ether oxygens (including phenoxy) is 1. The molecule has 0 aliphatic heterocycles. The van der Waals surface area contributed by atoms with Crippen molar-refractivity contribution in [3.05, 3.63) is 35.4 Å². The highest BCUT2D eigenvalue weighted by atomic mass is 16.5. The number of hydrogen-bond donors (Lipinski definition) is 1. The van der Waals surface area contributed by atoms with E-state index >= 15 is 0 Å². The molecule has 25 heavy (non-hydrogen) atoms. The largest absolute Gasteiger partial charge is 0.374 e. The first-order valence-electron chi connectivity index (χ1n) is 9.67. The monoisotopic (exact) mass is 346 g/mol. The topological polar surface area (TPSA) is 41.6 Å². The lowest BCUT2D eigenvalue weighted by molar-refractivity contribution is -0.123. The third-order valence-electron chi connectivity index (χ3n) is 4.88. The Morgan fingerprint density at radius 1 is 1.12 bits per heavy atom. The van der Waals surface area contributed by atoms with E-state index in [4.69, 9.17) is 4.74 Å². The quantitative estimate of drug-likeness (QED) is 0.738. The molecule has 1 aromatic rings. The third kappa shape index (κ3) is 6.79. The van der Waals surface area contributed by atoms with Gasteiger partial charge in [0.05, 0.1) is 19.3 Å². The molecule has 1 aromatic carbocycles. The SMILES string of the molecule is CC(C)OCc1ccc(CNC(=O)CN(C(C)C)C2CCCC2)cc1. The number of nitrogens with zero attached hydrogens (tertiary/aromatic N) is 1. The summed E-state index contributed by atoms with van der Waals surface area (Å²) in [6.45, 7) is 10.2. The van der Waals surface area contributed by atoms with E-state index in [1.807, 2.05) is 13.8 Å². The minimum Gasteiger partial charge on any atom is -0.374 e. The van der Waals surface area contributed by atoms with Gasteiger partial charge in [0.25, 0.3) is 0 Å². The molecular formula is C21H34N2O2. The summed E-state index contributed by atoms with van der Waals surface area (Å²) >= 11 is 0. The van der Waals surface area contributed by atoms with E-state index in [0.29, 0.717) is 31.8 Å². The van der Waals surface area contributed by atoms with Crippen molar-refractivity contribution in [1.29, 1.82) is 0 Å². The number of carbonyl (C=O) groups is 1. The summed E-state index contributed by atoms with van der Waals surface area (Å²) in [5, 5.41) is 3.07. The average molecular weight is 347 g/mol. The van der Waals surface area contributed by atoms with Gasteiger partial charge in [-0.1, -0.05) is 37.1 Å². The molecule has 0 bridgehead atoms. The molecule has 140 valence electrons. The number of amides is 1. The predicted molar refractivity (Wildman–Crippen MR) is 102 cm³/mol. The third-order valence-corrected chi connectivity index (χ3v) is 4.88. The van der Waals surface area contributed by atoms with Gasteiger partial charge >= 0.3 is 0 Å². The molecule has 0 heterocycles.